The Hall–Kier alpha value is -3.46. The summed E-state index contributed by atoms with van der Waals surface area (Å²) in [5.41, 5.74) is 9.63. The second-order valence-electron chi connectivity index (χ2n) is 8.04. The molecule has 31 heavy (non-hydrogen) atoms. The molecule has 3 aromatic rings. The maximum atomic E-state index is 12.4. The number of carbonyl (C=O) groups excluding carboxylic acids is 1. The van der Waals surface area contributed by atoms with Crippen molar-refractivity contribution < 1.29 is 14.6 Å². The quantitative estimate of drug-likeness (QED) is 0.494. The zero-order chi connectivity index (χ0) is 21.5. The summed E-state index contributed by atoms with van der Waals surface area (Å²) in [5, 5.41) is 16.8. The number of aliphatic hydroxyl groups is 1. The molecule has 160 valence electrons. The van der Waals surface area contributed by atoms with Gasteiger partial charge in [0.15, 0.2) is 0 Å². The second-order valence-corrected chi connectivity index (χ2v) is 8.04. The van der Waals surface area contributed by atoms with Crippen LogP contribution in [0.3, 0.4) is 0 Å². The molecule has 1 aliphatic carbocycles. The predicted molar refractivity (Wildman–Crippen MR) is 118 cm³/mol. The van der Waals surface area contributed by atoms with Gasteiger partial charge in [0.1, 0.15) is 23.9 Å². The van der Waals surface area contributed by atoms with Gasteiger partial charge < -0.3 is 26.2 Å². The first-order chi connectivity index (χ1) is 15.0. The van der Waals surface area contributed by atoms with Crippen molar-refractivity contribution in [2.45, 2.75) is 19.8 Å². The maximum absolute atomic E-state index is 12.4. The number of nitrogen functional groups attached to an aromatic ring is 1. The van der Waals surface area contributed by atoms with Crippen molar-refractivity contribution in [2.75, 3.05) is 36.1 Å². The van der Waals surface area contributed by atoms with Crippen molar-refractivity contribution in [2.24, 2.45) is 11.8 Å². The summed E-state index contributed by atoms with van der Waals surface area (Å²) in [7, 11) is 0. The number of hydrogen-bond donors (Lipinski definition) is 4. The van der Waals surface area contributed by atoms with Gasteiger partial charge in [-0.25, -0.2) is 15.0 Å². The molecule has 9 heteroatoms. The molecule has 1 amide bonds. The number of aliphatic hydroxyl groups excluding tert-OH is 1. The molecule has 0 saturated heterocycles. The van der Waals surface area contributed by atoms with Gasteiger partial charge in [0, 0.05) is 42.4 Å². The summed E-state index contributed by atoms with van der Waals surface area (Å²) in [6, 6.07) is 3.73. The lowest BCUT2D eigenvalue weighted by Crippen LogP contribution is -2.20. The summed E-state index contributed by atoms with van der Waals surface area (Å²) in [6.45, 7) is 3.41. The standard InChI is InChI=1S/C22H24N6O3/c1-11-15(9-26-22-19(11)24-3-5-31-22)17-7-13-8-18(25-10-16(13)20(23)27-17)28-21(30)14-6-12(14)2-4-29/h7-10,12,14,24,29H,2-6H2,1H3,(H2,23,27)(H,25,28,30)/t12-,14+/m1/s1. The third kappa shape index (κ3) is 3.61. The lowest BCUT2D eigenvalue weighted by Gasteiger charge is -2.21. The van der Waals surface area contributed by atoms with Crippen LogP contribution in [0.15, 0.2) is 24.5 Å². The van der Waals surface area contributed by atoms with Crippen LogP contribution in [-0.4, -0.2) is 45.7 Å². The van der Waals surface area contributed by atoms with E-state index in [-0.39, 0.29) is 24.3 Å². The van der Waals surface area contributed by atoms with Crippen LogP contribution in [-0.2, 0) is 4.79 Å². The van der Waals surface area contributed by atoms with Gasteiger partial charge >= 0.3 is 0 Å². The number of nitrogens with two attached hydrogens (primary N) is 1. The van der Waals surface area contributed by atoms with E-state index >= 15 is 0 Å². The first kappa shape index (κ1) is 19.5. The van der Waals surface area contributed by atoms with Gasteiger partial charge in [-0.05, 0) is 48.8 Å². The predicted octanol–water partition coefficient (Wildman–Crippen LogP) is 2.34. The zero-order valence-electron chi connectivity index (χ0n) is 17.2. The molecule has 1 aliphatic heterocycles. The van der Waals surface area contributed by atoms with Crippen molar-refractivity contribution in [1.29, 1.82) is 0 Å². The fourth-order valence-corrected chi connectivity index (χ4v) is 4.13. The Bertz CT molecular complexity index is 1180. The second kappa shape index (κ2) is 7.66. The lowest BCUT2D eigenvalue weighted by atomic mass is 10.0. The minimum absolute atomic E-state index is 0.0540. The molecule has 0 bridgehead atoms. The fraction of sp³-hybridized carbons (Fsp3) is 0.364. The van der Waals surface area contributed by atoms with Gasteiger partial charge in [-0.2, -0.15) is 0 Å². The van der Waals surface area contributed by atoms with Crippen LogP contribution in [0.2, 0.25) is 0 Å². The molecule has 1 saturated carbocycles. The summed E-state index contributed by atoms with van der Waals surface area (Å²) < 4.78 is 5.61. The van der Waals surface area contributed by atoms with Gasteiger partial charge in [0.2, 0.25) is 11.8 Å². The summed E-state index contributed by atoms with van der Waals surface area (Å²) in [5.74, 6) is 1.57. The molecule has 3 aromatic heterocycles. The van der Waals surface area contributed by atoms with E-state index in [9.17, 15) is 4.79 Å². The Balaban J connectivity index is 1.46. The van der Waals surface area contributed by atoms with Crippen LogP contribution < -0.4 is 21.1 Å². The van der Waals surface area contributed by atoms with E-state index in [0.29, 0.717) is 36.2 Å². The number of anilines is 3. The monoisotopic (exact) mass is 420 g/mol. The number of amides is 1. The number of pyridine rings is 3. The van der Waals surface area contributed by atoms with E-state index in [1.807, 2.05) is 13.0 Å². The smallest absolute Gasteiger partial charge is 0.237 e. The van der Waals surface area contributed by atoms with Gasteiger partial charge in [0.05, 0.1) is 5.69 Å². The van der Waals surface area contributed by atoms with E-state index < -0.39 is 0 Å². The average Bonchev–Trinajstić information content (AvgIpc) is 3.54. The number of nitrogens with zero attached hydrogens (tertiary/aromatic N) is 3. The number of carbonyl (C=O) groups is 1. The van der Waals surface area contributed by atoms with Crippen LogP contribution in [0.4, 0.5) is 17.3 Å². The van der Waals surface area contributed by atoms with Gasteiger partial charge in [-0.3, -0.25) is 4.79 Å². The molecule has 0 radical (unpaired) electrons. The van der Waals surface area contributed by atoms with Gasteiger partial charge in [-0.15, -0.1) is 0 Å². The zero-order valence-corrected chi connectivity index (χ0v) is 17.2. The van der Waals surface area contributed by atoms with E-state index in [4.69, 9.17) is 15.6 Å². The Kier molecular flexibility index (Phi) is 4.82. The third-order valence-corrected chi connectivity index (χ3v) is 5.98. The molecule has 0 spiro atoms. The van der Waals surface area contributed by atoms with E-state index in [1.54, 1.807) is 18.5 Å². The molecular weight excluding hydrogens is 396 g/mol. The van der Waals surface area contributed by atoms with Crippen LogP contribution >= 0.6 is 0 Å². The molecule has 9 nitrogen and oxygen atoms in total. The summed E-state index contributed by atoms with van der Waals surface area (Å²) >= 11 is 0. The SMILES string of the molecule is Cc1c(-c2cc3cc(NC(=O)[C@H]4C[C@H]4CCO)ncc3c(N)n2)cnc2c1NCCO2. The average molecular weight is 420 g/mol. The van der Waals surface area contributed by atoms with E-state index in [2.05, 4.69) is 25.6 Å². The fourth-order valence-electron chi connectivity index (χ4n) is 4.13. The number of rotatable bonds is 5. The summed E-state index contributed by atoms with van der Waals surface area (Å²) in [4.78, 5) is 25.7. The molecule has 5 rings (SSSR count). The van der Waals surface area contributed by atoms with Crippen LogP contribution in [0, 0.1) is 18.8 Å². The van der Waals surface area contributed by atoms with Crippen LogP contribution in [0.1, 0.15) is 18.4 Å². The number of aromatic nitrogens is 3. The Morgan fingerprint density at radius 3 is 3.06 bits per heavy atom. The minimum atomic E-state index is -0.0617. The highest BCUT2D eigenvalue weighted by Crippen LogP contribution is 2.42. The van der Waals surface area contributed by atoms with Crippen molar-refractivity contribution >= 4 is 34.0 Å². The Morgan fingerprint density at radius 1 is 1.35 bits per heavy atom. The number of ether oxygens (including phenoxy) is 1. The molecule has 0 unspecified atom stereocenters. The van der Waals surface area contributed by atoms with Crippen molar-refractivity contribution in [1.82, 2.24) is 15.0 Å². The Morgan fingerprint density at radius 2 is 2.23 bits per heavy atom. The normalized spacial score (nSPS) is 19.3. The molecule has 2 aliphatic rings. The Labute approximate surface area is 179 Å². The number of nitrogens with one attached hydrogen (secondary N) is 2. The first-order valence-electron chi connectivity index (χ1n) is 10.4. The van der Waals surface area contributed by atoms with Crippen molar-refractivity contribution in [3.8, 4) is 17.1 Å². The number of hydrogen-bond acceptors (Lipinski definition) is 8. The van der Waals surface area contributed by atoms with Crippen LogP contribution in [0.5, 0.6) is 5.88 Å². The lowest BCUT2D eigenvalue weighted by molar-refractivity contribution is -0.117. The topological polar surface area (TPSA) is 135 Å². The van der Waals surface area contributed by atoms with Crippen molar-refractivity contribution in [3.63, 3.8) is 0 Å². The molecule has 2 atom stereocenters. The van der Waals surface area contributed by atoms with Gasteiger partial charge in [-0.1, -0.05) is 0 Å². The molecule has 5 N–H and O–H groups in total. The highest BCUT2D eigenvalue weighted by Gasteiger charge is 2.42. The summed E-state index contributed by atoms with van der Waals surface area (Å²) in [6.07, 6.45) is 4.84. The molecule has 1 fully saturated rings. The highest BCUT2D eigenvalue weighted by atomic mass is 16.5. The number of fused-ring (bicyclic) bond motifs is 2. The highest BCUT2D eigenvalue weighted by molar-refractivity contribution is 5.98. The third-order valence-electron chi connectivity index (χ3n) is 5.98. The van der Waals surface area contributed by atoms with Crippen LogP contribution in [0.25, 0.3) is 22.0 Å². The first-order valence-corrected chi connectivity index (χ1v) is 10.4. The minimum Gasteiger partial charge on any atom is -0.474 e. The molecular formula is C22H24N6O3. The molecule has 0 aromatic carbocycles. The van der Waals surface area contributed by atoms with Gasteiger partial charge in [0.25, 0.3) is 0 Å². The van der Waals surface area contributed by atoms with Crippen molar-refractivity contribution in [3.05, 3.63) is 30.1 Å². The maximum Gasteiger partial charge on any atom is 0.237 e. The largest absolute Gasteiger partial charge is 0.474 e. The van der Waals surface area contributed by atoms with E-state index in [1.165, 1.54) is 0 Å². The molecule has 4 heterocycles. The van der Waals surface area contributed by atoms with E-state index in [0.717, 1.165) is 40.6 Å².